The summed E-state index contributed by atoms with van der Waals surface area (Å²) >= 11 is 3.38. The van der Waals surface area contributed by atoms with Crippen molar-refractivity contribution in [1.82, 2.24) is 0 Å². The standard InChI is InChI=1S/C14H15BrN2O2/c15-11-4-3-10(9-16)12(7-11)17-14(8-13(18)19)5-1-2-6-14/h3-4,7,17H,1-2,5-6,8H2,(H,18,19). The zero-order valence-electron chi connectivity index (χ0n) is 10.4. The lowest BCUT2D eigenvalue weighted by Crippen LogP contribution is -2.37. The molecule has 0 saturated heterocycles. The van der Waals surface area contributed by atoms with E-state index < -0.39 is 11.5 Å². The third kappa shape index (κ3) is 3.27. The van der Waals surface area contributed by atoms with E-state index >= 15 is 0 Å². The number of carbonyl (C=O) groups is 1. The topological polar surface area (TPSA) is 73.1 Å². The maximum absolute atomic E-state index is 11.1. The maximum atomic E-state index is 11.1. The van der Waals surface area contributed by atoms with Gasteiger partial charge < -0.3 is 10.4 Å². The Balaban J connectivity index is 2.29. The first-order valence-electron chi connectivity index (χ1n) is 6.24. The van der Waals surface area contributed by atoms with Crippen LogP contribution in [0.25, 0.3) is 0 Å². The van der Waals surface area contributed by atoms with Crippen LogP contribution in [0.1, 0.15) is 37.7 Å². The molecule has 0 amide bonds. The average Bonchev–Trinajstić information content (AvgIpc) is 2.76. The normalized spacial score (nSPS) is 16.8. The van der Waals surface area contributed by atoms with Crippen LogP contribution >= 0.6 is 15.9 Å². The van der Waals surface area contributed by atoms with Crippen molar-refractivity contribution >= 4 is 27.6 Å². The van der Waals surface area contributed by atoms with E-state index in [0.29, 0.717) is 11.3 Å². The van der Waals surface area contributed by atoms with E-state index in [-0.39, 0.29) is 6.42 Å². The Labute approximate surface area is 120 Å². The summed E-state index contributed by atoms with van der Waals surface area (Å²) in [7, 11) is 0. The summed E-state index contributed by atoms with van der Waals surface area (Å²) in [5.41, 5.74) is 0.831. The molecule has 2 N–H and O–H groups in total. The van der Waals surface area contributed by atoms with E-state index in [0.717, 1.165) is 30.2 Å². The highest BCUT2D eigenvalue weighted by molar-refractivity contribution is 9.10. The largest absolute Gasteiger partial charge is 0.481 e. The average molecular weight is 323 g/mol. The number of hydrogen-bond acceptors (Lipinski definition) is 3. The minimum atomic E-state index is -0.803. The predicted molar refractivity (Wildman–Crippen MR) is 75.9 cm³/mol. The van der Waals surface area contributed by atoms with E-state index in [1.165, 1.54) is 0 Å². The number of nitriles is 1. The van der Waals surface area contributed by atoms with Gasteiger partial charge in [-0.2, -0.15) is 5.26 Å². The summed E-state index contributed by atoms with van der Waals surface area (Å²) < 4.78 is 0.873. The van der Waals surface area contributed by atoms with Gasteiger partial charge in [0.05, 0.1) is 17.7 Å². The van der Waals surface area contributed by atoms with Crippen LogP contribution in [0.15, 0.2) is 22.7 Å². The second-order valence-corrected chi connectivity index (χ2v) is 5.90. The molecule has 0 atom stereocenters. The Morgan fingerprint density at radius 3 is 2.74 bits per heavy atom. The summed E-state index contributed by atoms with van der Waals surface area (Å²) in [5, 5.41) is 21.5. The van der Waals surface area contributed by atoms with Crippen LogP contribution in [0.2, 0.25) is 0 Å². The van der Waals surface area contributed by atoms with Crippen LogP contribution in [0.4, 0.5) is 5.69 Å². The second kappa shape index (κ2) is 5.62. The molecule has 1 aliphatic rings. The summed E-state index contributed by atoms with van der Waals surface area (Å²) in [5.74, 6) is -0.803. The molecular weight excluding hydrogens is 308 g/mol. The number of halogens is 1. The smallest absolute Gasteiger partial charge is 0.305 e. The molecule has 0 bridgehead atoms. The lowest BCUT2D eigenvalue weighted by Gasteiger charge is -2.30. The molecular formula is C14H15BrN2O2. The zero-order chi connectivity index (χ0) is 13.9. The highest BCUT2D eigenvalue weighted by Crippen LogP contribution is 2.37. The van der Waals surface area contributed by atoms with Gasteiger partial charge in [0.25, 0.3) is 0 Å². The molecule has 0 aromatic heterocycles. The molecule has 100 valence electrons. The SMILES string of the molecule is N#Cc1ccc(Br)cc1NC1(CC(=O)O)CCCC1. The highest BCUT2D eigenvalue weighted by Gasteiger charge is 2.36. The van der Waals surface area contributed by atoms with E-state index in [9.17, 15) is 4.79 Å². The number of aliphatic carboxylic acids is 1. The first-order chi connectivity index (χ1) is 9.04. The van der Waals surface area contributed by atoms with Crippen molar-refractivity contribution in [3.63, 3.8) is 0 Å². The van der Waals surface area contributed by atoms with Gasteiger partial charge >= 0.3 is 5.97 Å². The first-order valence-corrected chi connectivity index (χ1v) is 7.04. The Hall–Kier alpha value is -1.54. The van der Waals surface area contributed by atoms with Crippen LogP contribution in [-0.4, -0.2) is 16.6 Å². The highest BCUT2D eigenvalue weighted by atomic mass is 79.9. The third-order valence-corrected chi connectivity index (χ3v) is 4.05. The third-order valence-electron chi connectivity index (χ3n) is 3.55. The fraction of sp³-hybridized carbons (Fsp3) is 0.429. The van der Waals surface area contributed by atoms with Crippen molar-refractivity contribution < 1.29 is 9.90 Å². The van der Waals surface area contributed by atoms with Crippen molar-refractivity contribution in [3.8, 4) is 6.07 Å². The number of anilines is 1. The van der Waals surface area contributed by atoms with Gasteiger partial charge in [-0.3, -0.25) is 4.79 Å². The lowest BCUT2D eigenvalue weighted by atomic mass is 9.92. The summed E-state index contributed by atoms with van der Waals surface area (Å²) in [6, 6.07) is 7.51. The van der Waals surface area contributed by atoms with Gasteiger partial charge in [-0.15, -0.1) is 0 Å². The van der Waals surface area contributed by atoms with Crippen molar-refractivity contribution in [3.05, 3.63) is 28.2 Å². The molecule has 1 aliphatic carbocycles. The molecule has 0 spiro atoms. The van der Waals surface area contributed by atoms with Gasteiger partial charge in [-0.05, 0) is 31.0 Å². The van der Waals surface area contributed by atoms with E-state index in [2.05, 4.69) is 27.3 Å². The van der Waals surface area contributed by atoms with Gasteiger partial charge in [-0.25, -0.2) is 0 Å². The van der Waals surface area contributed by atoms with Crippen molar-refractivity contribution in [2.75, 3.05) is 5.32 Å². The minimum Gasteiger partial charge on any atom is -0.481 e. The molecule has 1 saturated carbocycles. The Morgan fingerprint density at radius 2 is 2.16 bits per heavy atom. The van der Waals surface area contributed by atoms with Gasteiger partial charge in [0, 0.05) is 10.0 Å². The molecule has 19 heavy (non-hydrogen) atoms. The number of carboxylic acid groups (broad SMARTS) is 1. The van der Waals surface area contributed by atoms with Crippen molar-refractivity contribution in [2.45, 2.75) is 37.6 Å². The van der Waals surface area contributed by atoms with Crippen LogP contribution < -0.4 is 5.32 Å². The fourth-order valence-electron chi connectivity index (χ4n) is 2.69. The van der Waals surface area contributed by atoms with Gasteiger partial charge in [-0.1, -0.05) is 28.8 Å². The number of hydrogen-bond donors (Lipinski definition) is 2. The van der Waals surface area contributed by atoms with Crippen LogP contribution in [0.3, 0.4) is 0 Å². The predicted octanol–water partition coefficient (Wildman–Crippen LogP) is 3.52. The molecule has 2 rings (SSSR count). The van der Waals surface area contributed by atoms with E-state index in [1.807, 2.05) is 12.1 Å². The molecule has 4 nitrogen and oxygen atoms in total. The Kier molecular flexibility index (Phi) is 4.11. The molecule has 1 fully saturated rings. The minimum absolute atomic E-state index is 0.0877. The molecule has 5 heteroatoms. The van der Waals surface area contributed by atoms with Crippen LogP contribution in [-0.2, 0) is 4.79 Å². The van der Waals surface area contributed by atoms with E-state index in [1.54, 1.807) is 6.07 Å². The van der Waals surface area contributed by atoms with Crippen LogP contribution in [0.5, 0.6) is 0 Å². The molecule has 0 heterocycles. The van der Waals surface area contributed by atoms with E-state index in [4.69, 9.17) is 10.4 Å². The summed E-state index contributed by atoms with van der Waals surface area (Å²) in [6.45, 7) is 0. The Bertz CT molecular complexity index is 531. The number of benzene rings is 1. The van der Waals surface area contributed by atoms with Crippen molar-refractivity contribution in [2.24, 2.45) is 0 Å². The molecule has 0 radical (unpaired) electrons. The molecule has 0 aliphatic heterocycles. The first kappa shape index (κ1) is 13.9. The zero-order valence-corrected chi connectivity index (χ0v) is 12.0. The second-order valence-electron chi connectivity index (χ2n) is 4.98. The summed E-state index contributed by atoms with van der Waals surface area (Å²) in [6.07, 6.45) is 3.80. The molecule has 0 unspecified atom stereocenters. The fourth-order valence-corrected chi connectivity index (χ4v) is 3.05. The lowest BCUT2D eigenvalue weighted by molar-refractivity contribution is -0.138. The monoisotopic (exact) mass is 322 g/mol. The number of carboxylic acids is 1. The number of nitrogens with zero attached hydrogens (tertiary/aromatic N) is 1. The number of rotatable bonds is 4. The van der Waals surface area contributed by atoms with Crippen LogP contribution in [0, 0.1) is 11.3 Å². The maximum Gasteiger partial charge on any atom is 0.305 e. The summed E-state index contributed by atoms with van der Waals surface area (Å²) in [4.78, 5) is 11.1. The van der Waals surface area contributed by atoms with Crippen molar-refractivity contribution in [1.29, 1.82) is 5.26 Å². The quantitative estimate of drug-likeness (QED) is 0.889. The molecule has 1 aromatic carbocycles. The Morgan fingerprint density at radius 1 is 1.47 bits per heavy atom. The number of nitrogens with one attached hydrogen (secondary N) is 1. The van der Waals surface area contributed by atoms with Gasteiger partial charge in [0.15, 0.2) is 0 Å². The van der Waals surface area contributed by atoms with Gasteiger partial charge in [0.2, 0.25) is 0 Å². The molecule has 1 aromatic rings. The van der Waals surface area contributed by atoms with Gasteiger partial charge in [0.1, 0.15) is 6.07 Å².